The first-order valence-corrected chi connectivity index (χ1v) is 12.5. The fourth-order valence-corrected chi connectivity index (χ4v) is 3.99. The molecule has 0 radical (unpaired) electrons. The van der Waals surface area contributed by atoms with Crippen molar-refractivity contribution in [2.75, 3.05) is 10.6 Å². The lowest BCUT2D eigenvalue weighted by Crippen LogP contribution is -2.41. The molecule has 0 spiro atoms. The fourth-order valence-electron chi connectivity index (χ4n) is 3.99. The first kappa shape index (κ1) is 28.5. The summed E-state index contributed by atoms with van der Waals surface area (Å²) >= 11 is 0. The molecule has 1 atom stereocenters. The SMILES string of the molecule is Cc1ccc(C)c(-n2nccc2NC(O)Nc2ccc(-c3ncn(-c4ccc(OC(F)(F)C(F)(F)F)cc4)n3)cc2)c1. The van der Waals surface area contributed by atoms with Gasteiger partial charge in [0.15, 0.2) is 5.82 Å². The van der Waals surface area contributed by atoms with E-state index in [0.717, 1.165) is 28.9 Å². The van der Waals surface area contributed by atoms with Crippen LogP contribution in [-0.2, 0) is 0 Å². The van der Waals surface area contributed by atoms with E-state index < -0.39 is 24.4 Å². The van der Waals surface area contributed by atoms with Crippen LogP contribution in [0.1, 0.15) is 11.1 Å². The Balaban J connectivity index is 1.22. The third-order valence-electron chi connectivity index (χ3n) is 6.14. The zero-order valence-corrected chi connectivity index (χ0v) is 22.1. The first-order chi connectivity index (χ1) is 19.9. The standard InChI is InChI=1S/C28H24F5N7O2/c1-17-3-4-18(2)23(15-17)40-24(13-14-35-40)37-26(41)36-20-7-5-19(6-8-20)25-34-16-39(38-25)21-9-11-22(12-10-21)42-28(32,33)27(29,30)31/h3-16,26,36-37,41H,1-2H3. The van der Waals surface area contributed by atoms with Crippen molar-refractivity contribution in [1.29, 1.82) is 0 Å². The van der Waals surface area contributed by atoms with Crippen molar-refractivity contribution in [2.45, 2.75) is 32.5 Å². The Morgan fingerprint density at radius 1 is 0.881 bits per heavy atom. The summed E-state index contributed by atoms with van der Waals surface area (Å²) in [5, 5.41) is 25.2. The number of rotatable bonds is 9. The molecule has 5 aromatic rings. The minimum absolute atomic E-state index is 0.335. The molecule has 9 nitrogen and oxygen atoms in total. The van der Waals surface area contributed by atoms with Gasteiger partial charge in [-0.2, -0.15) is 27.1 Å². The van der Waals surface area contributed by atoms with Crippen molar-refractivity contribution in [3.8, 4) is 28.5 Å². The minimum atomic E-state index is -5.84. The Morgan fingerprint density at radius 3 is 2.29 bits per heavy atom. The van der Waals surface area contributed by atoms with E-state index in [9.17, 15) is 27.1 Å². The number of benzene rings is 3. The Morgan fingerprint density at radius 2 is 1.60 bits per heavy atom. The molecular formula is C28H24F5N7O2. The summed E-state index contributed by atoms with van der Waals surface area (Å²) in [7, 11) is 0. The number of aliphatic hydroxyl groups excluding tert-OH is 1. The molecule has 0 aliphatic carbocycles. The van der Waals surface area contributed by atoms with E-state index in [2.05, 4.69) is 30.6 Å². The molecule has 2 heterocycles. The molecule has 0 amide bonds. The molecule has 0 saturated heterocycles. The Labute approximate surface area is 236 Å². The second kappa shape index (κ2) is 11.1. The Bertz CT molecular complexity index is 1670. The Hall–Kier alpha value is -4.98. The molecule has 0 saturated carbocycles. The van der Waals surface area contributed by atoms with Gasteiger partial charge in [-0.1, -0.05) is 12.1 Å². The number of hydrogen-bond donors (Lipinski definition) is 3. The number of ether oxygens (including phenoxy) is 1. The third kappa shape index (κ3) is 6.17. The molecule has 1 unspecified atom stereocenters. The quantitative estimate of drug-likeness (QED) is 0.143. The van der Waals surface area contributed by atoms with Gasteiger partial charge in [0.2, 0.25) is 6.35 Å². The van der Waals surface area contributed by atoms with Crippen LogP contribution in [0.25, 0.3) is 22.8 Å². The molecule has 2 aromatic heterocycles. The van der Waals surface area contributed by atoms with Crippen LogP contribution in [0.2, 0.25) is 0 Å². The molecule has 14 heteroatoms. The van der Waals surface area contributed by atoms with Crippen LogP contribution in [0, 0.1) is 13.8 Å². The van der Waals surface area contributed by atoms with Crippen molar-refractivity contribution >= 4 is 11.5 Å². The summed E-state index contributed by atoms with van der Waals surface area (Å²) in [6, 6.07) is 19.2. The topological polar surface area (TPSA) is 102 Å². The molecule has 42 heavy (non-hydrogen) atoms. The van der Waals surface area contributed by atoms with Gasteiger partial charge in [-0.15, -0.1) is 5.10 Å². The largest absolute Gasteiger partial charge is 0.499 e. The van der Waals surface area contributed by atoms with E-state index >= 15 is 0 Å². The number of alkyl halides is 5. The van der Waals surface area contributed by atoms with E-state index in [-0.39, 0.29) is 0 Å². The van der Waals surface area contributed by atoms with Gasteiger partial charge in [-0.3, -0.25) is 0 Å². The van der Waals surface area contributed by atoms with Crippen LogP contribution in [0.4, 0.5) is 33.5 Å². The normalized spacial score (nSPS) is 12.7. The summed E-state index contributed by atoms with van der Waals surface area (Å²) in [6.45, 7) is 3.97. The average Bonchev–Trinajstić information content (AvgIpc) is 3.60. The zero-order valence-electron chi connectivity index (χ0n) is 22.1. The summed E-state index contributed by atoms with van der Waals surface area (Å²) in [5.41, 5.74) is 4.59. The average molecular weight is 586 g/mol. The minimum Gasteiger partial charge on any atom is -0.426 e. The molecular weight excluding hydrogens is 561 g/mol. The summed E-state index contributed by atoms with van der Waals surface area (Å²) in [6.07, 6.45) is -9.29. The number of nitrogens with one attached hydrogen (secondary N) is 2. The molecule has 0 aliphatic rings. The lowest BCUT2D eigenvalue weighted by Gasteiger charge is -2.20. The van der Waals surface area contributed by atoms with Crippen molar-refractivity contribution in [1.82, 2.24) is 24.5 Å². The number of aliphatic hydroxyl groups is 1. The lowest BCUT2D eigenvalue weighted by atomic mass is 10.1. The van der Waals surface area contributed by atoms with Crippen LogP contribution in [0.5, 0.6) is 5.75 Å². The van der Waals surface area contributed by atoms with Crippen LogP contribution < -0.4 is 15.4 Å². The second-order valence-electron chi connectivity index (χ2n) is 9.31. The van der Waals surface area contributed by atoms with Gasteiger partial charge < -0.3 is 20.5 Å². The molecule has 218 valence electrons. The van der Waals surface area contributed by atoms with Crippen LogP contribution in [0.15, 0.2) is 85.3 Å². The second-order valence-corrected chi connectivity index (χ2v) is 9.31. The van der Waals surface area contributed by atoms with E-state index in [1.54, 1.807) is 41.2 Å². The molecule has 3 N–H and O–H groups in total. The number of anilines is 2. The van der Waals surface area contributed by atoms with Gasteiger partial charge in [0.25, 0.3) is 0 Å². The van der Waals surface area contributed by atoms with Crippen molar-refractivity contribution < 1.29 is 31.8 Å². The highest BCUT2D eigenvalue weighted by Crippen LogP contribution is 2.37. The molecule has 0 fully saturated rings. The number of halogens is 5. The maximum Gasteiger partial charge on any atom is 0.499 e. The number of nitrogens with zero attached hydrogens (tertiary/aromatic N) is 5. The lowest BCUT2D eigenvalue weighted by molar-refractivity contribution is -0.360. The highest BCUT2D eigenvalue weighted by atomic mass is 19.4. The van der Waals surface area contributed by atoms with E-state index in [0.29, 0.717) is 28.6 Å². The predicted octanol–water partition coefficient (Wildman–Crippen LogP) is 6.07. The predicted molar refractivity (Wildman–Crippen MR) is 145 cm³/mol. The smallest absolute Gasteiger partial charge is 0.426 e. The summed E-state index contributed by atoms with van der Waals surface area (Å²) < 4.78 is 70.2. The van der Waals surface area contributed by atoms with Crippen molar-refractivity contribution in [3.05, 3.63) is 96.4 Å². The monoisotopic (exact) mass is 585 g/mol. The molecule has 5 rings (SSSR count). The number of aryl methyl sites for hydroxylation is 2. The maximum atomic E-state index is 13.1. The summed E-state index contributed by atoms with van der Waals surface area (Å²) in [5.74, 6) is 0.265. The van der Waals surface area contributed by atoms with Gasteiger partial charge in [0.05, 0.1) is 17.6 Å². The van der Waals surface area contributed by atoms with Gasteiger partial charge in [0, 0.05) is 17.3 Å². The Kier molecular flexibility index (Phi) is 7.56. The van der Waals surface area contributed by atoms with Gasteiger partial charge in [-0.25, -0.2) is 14.3 Å². The van der Waals surface area contributed by atoms with Crippen molar-refractivity contribution in [3.63, 3.8) is 0 Å². The number of hydrogen-bond acceptors (Lipinski definition) is 7. The fraction of sp³-hybridized carbons (Fsp3) is 0.179. The molecule has 0 bridgehead atoms. The van der Waals surface area contributed by atoms with Gasteiger partial charge >= 0.3 is 12.3 Å². The van der Waals surface area contributed by atoms with Crippen LogP contribution in [-0.4, -0.2) is 48.3 Å². The van der Waals surface area contributed by atoms with Crippen molar-refractivity contribution in [2.24, 2.45) is 0 Å². The van der Waals surface area contributed by atoms with E-state index in [4.69, 9.17) is 0 Å². The molecule has 0 aliphatic heterocycles. The summed E-state index contributed by atoms with van der Waals surface area (Å²) in [4.78, 5) is 4.23. The molecule has 3 aromatic carbocycles. The van der Waals surface area contributed by atoms with Crippen LogP contribution in [0.3, 0.4) is 0 Å². The highest BCUT2D eigenvalue weighted by molar-refractivity contribution is 5.60. The van der Waals surface area contributed by atoms with Crippen LogP contribution >= 0.6 is 0 Å². The number of aromatic nitrogens is 5. The highest BCUT2D eigenvalue weighted by Gasteiger charge is 2.61. The van der Waals surface area contributed by atoms with Gasteiger partial charge in [0.1, 0.15) is 17.9 Å². The first-order valence-electron chi connectivity index (χ1n) is 12.5. The maximum absolute atomic E-state index is 13.1. The van der Waals surface area contributed by atoms with Gasteiger partial charge in [-0.05, 0) is 79.6 Å². The van der Waals surface area contributed by atoms with E-state index in [1.165, 1.54) is 23.1 Å². The third-order valence-corrected chi connectivity index (χ3v) is 6.14. The van der Waals surface area contributed by atoms with E-state index in [1.807, 2.05) is 32.0 Å². The zero-order chi connectivity index (χ0) is 30.1.